The fourth-order valence-corrected chi connectivity index (χ4v) is 2.42. The number of carbonyl (C=O) groups is 2. The molecule has 1 rings (SSSR count). The van der Waals surface area contributed by atoms with Gasteiger partial charge in [-0.25, -0.2) is 0 Å². The SMILES string of the molecule is CCOC(=O)C1CCCC(NCCCC(N)=O)C1. The summed E-state index contributed by atoms with van der Waals surface area (Å²) in [4.78, 5) is 22.2. The van der Waals surface area contributed by atoms with Crippen LogP contribution < -0.4 is 11.1 Å². The van der Waals surface area contributed by atoms with E-state index in [9.17, 15) is 9.59 Å². The van der Waals surface area contributed by atoms with Crippen molar-refractivity contribution in [1.82, 2.24) is 5.32 Å². The van der Waals surface area contributed by atoms with E-state index in [2.05, 4.69) is 5.32 Å². The molecule has 0 heterocycles. The highest BCUT2D eigenvalue weighted by Gasteiger charge is 2.27. The fourth-order valence-electron chi connectivity index (χ4n) is 2.42. The van der Waals surface area contributed by atoms with Crippen LogP contribution in [0.4, 0.5) is 0 Å². The Morgan fingerprint density at radius 3 is 2.83 bits per heavy atom. The Kier molecular flexibility index (Phi) is 6.72. The van der Waals surface area contributed by atoms with Gasteiger partial charge in [-0.3, -0.25) is 9.59 Å². The van der Waals surface area contributed by atoms with Crippen molar-refractivity contribution in [2.75, 3.05) is 13.2 Å². The molecular weight excluding hydrogens is 232 g/mol. The molecule has 0 saturated heterocycles. The monoisotopic (exact) mass is 256 g/mol. The van der Waals surface area contributed by atoms with Crippen LogP contribution in [0.25, 0.3) is 0 Å². The second-order valence-electron chi connectivity index (χ2n) is 4.84. The Hall–Kier alpha value is -1.10. The minimum absolute atomic E-state index is 0.0346. The number of nitrogens with two attached hydrogens (primary N) is 1. The van der Waals surface area contributed by atoms with Crippen LogP contribution in [0, 0.1) is 5.92 Å². The van der Waals surface area contributed by atoms with Crippen molar-refractivity contribution in [1.29, 1.82) is 0 Å². The first-order valence-corrected chi connectivity index (χ1v) is 6.81. The molecule has 5 heteroatoms. The highest BCUT2D eigenvalue weighted by molar-refractivity contribution is 5.73. The maximum Gasteiger partial charge on any atom is 0.308 e. The van der Waals surface area contributed by atoms with E-state index in [1.807, 2.05) is 6.92 Å². The molecule has 0 radical (unpaired) electrons. The Balaban J connectivity index is 2.22. The normalized spacial score (nSPS) is 23.6. The molecule has 5 nitrogen and oxygen atoms in total. The average molecular weight is 256 g/mol. The van der Waals surface area contributed by atoms with Gasteiger partial charge in [-0.05, 0) is 39.2 Å². The molecule has 1 aliphatic carbocycles. The third-order valence-corrected chi connectivity index (χ3v) is 3.33. The Bertz CT molecular complexity index is 281. The van der Waals surface area contributed by atoms with Gasteiger partial charge in [0.1, 0.15) is 0 Å². The third kappa shape index (κ3) is 5.49. The van der Waals surface area contributed by atoms with Crippen molar-refractivity contribution in [3.8, 4) is 0 Å². The van der Waals surface area contributed by atoms with E-state index in [0.717, 1.165) is 38.6 Å². The van der Waals surface area contributed by atoms with Crippen LogP contribution in [0.2, 0.25) is 0 Å². The molecule has 2 unspecified atom stereocenters. The van der Waals surface area contributed by atoms with Crippen molar-refractivity contribution in [3.63, 3.8) is 0 Å². The molecule has 0 aliphatic heterocycles. The van der Waals surface area contributed by atoms with Crippen LogP contribution in [0.1, 0.15) is 45.4 Å². The summed E-state index contributed by atoms with van der Waals surface area (Å²) in [5.74, 6) is -0.293. The Morgan fingerprint density at radius 1 is 1.39 bits per heavy atom. The van der Waals surface area contributed by atoms with Gasteiger partial charge >= 0.3 is 5.97 Å². The number of primary amides is 1. The van der Waals surface area contributed by atoms with Crippen LogP contribution in [0.3, 0.4) is 0 Å². The fraction of sp³-hybridized carbons (Fsp3) is 0.846. The van der Waals surface area contributed by atoms with Gasteiger partial charge in [0.2, 0.25) is 5.91 Å². The summed E-state index contributed by atoms with van der Waals surface area (Å²) in [7, 11) is 0. The van der Waals surface area contributed by atoms with Crippen molar-refractivity contribution < 1.29 is 14.3 Å². The van der Waals surface area contributed by atoms with Gasteiger partial charge < -0.3 is 15.8 Å². The Labute approximate surface area is 108 Å². The predicted octanol–water partition coefficient (Wildman–Crippen LogP) is 0.963. The van der Waals surface area contributed by atoms with E-state index in [0.29, 0.717) is 19.1 Å². The van der Waals surface area contributed by atoms with Gasteiger partial charge in [-0.15, -0.1) is 0 Å². The van der Waals surface area contributed by atoms with Crippen LogP contribution in [0.15, 0.2) is 0 Å². The van der Waals surface area contributed by atoms with E-state index in [4.69, 9.17) is 10.5 Å². The van der Waals surface area contributed by atoms with Crippen LogP contribution in [-0.2, 0) is 14.3 Å². The van der Waals surface area contributed by atoms with E-state index in [-0.39, 0.29) is 17.8 Å². The van der Waals surface area contributed by atoms with Crippen molar-refractivity contribution in [2.45, 2.75) is 51.5 Å². The zero-order chi connectivity index (χ0) is 13.4. The molecule has 18 heavy (non-hydrogen) atoms. The lowest BCUT2D eigenvalue weighted by molar-refractivity contribution is -0.149. The summed E-state index contributed by atoms with van der Waals surface area (Å²) in [5, 5.41) is 3.39. The smallest absolute Gasteiger partial charge is 0.308 e. The molecule has 1 fully saturated rings. The zero-order valence-corrected chi connectivity index (χ0v) is 11.1. The molecular formula is C13H24N2O3. The topological polar surface area (TPSA) is 81.4 Å². The average Bonchev–Trinajstić information content (AvgIpc) is 2.35. The molecule has 104 valence electrons. The quantitative estimate of drug-likeness (QED) is 0.525. The number of amides is 1. The van der Waals surface area contributed by atoms with Gasteiger partial charge in [0.05, 0.1) is 12.5 Å². The Morgan fingerprint density at radius 2 is 2.17 bits per heavy atom. The highest BCUT2D eigenvalue weighted by atomic mass is 16.5. The maximum absolute atomic E-state index is 11.7. The van der Waals surface area contributed by atoms with Gasteiger partial charge in [0.15, 0.2) is 0 Å². The lowest BCUT2D eigenvalue weighted by Crippen LogP contribution is -2.37. The summed E-state index contributed by atoms with van der Waals surface area (Å²) in [5.41, 5.74) is 5.08. The molecule has 1 amide bonds. The van der Waals surface area contributed by atoms with Crippen LogP contribution in [0.5, 0.6) is 0 Å². The molecule has 0 aromatic rings. The molecule has 0 bridgehead atoms. The zero-order valence-electron chi connectivity index (χ0n) is 11.1. The van der Waals surface area contributed by atoms with E-state index in [1.165, 1.54) is 0 Å². The predicted molar refractivity (Wildman–Crippen MR) is 68.8 cm³/mol. The van der Waals surface area contributed by atoms with Crippen molar-refractivity contribution >= 4 is 11.9 Å². The largest absolute Gasteiger partial charge is 0.466 e. The van der Waals surface area contributed by atoms with E-state index >= 15 is 0 Å². The number of hydrogen-bond donors (Lipinski definition) is 2. The molecule has 1 saturated carbocycles. The van der Waals surface area contributed by atoms with Gasteiger partial charge in [-0.1, -0.05) is 6.42 Å². The molecule has 3 N–H and O–H groups in total. The van der Waals surface area contributed by atoms with Gasteiger partial charge in [0.25, 0.3) is 0 Å². The summed E-state index contributed by atoms with van der Waals surface area (Å²) in [6.07, 6.45) is 5.09. The van der Waals surface area contributed by atoms with Crippen molar-refractivity contribution in [3.05, 3.63) is 0 Å². The van der Waals surface area contributed by atoms with Gasteiger partial charge in [0, 0.05) is 12.5 Å². The lowest BCUT2D eigenvalue weighted by Gasteiger charge is -2.28. The summed E-state index contributed by atoms with van der Waals surface area (Å²) in [6, 6.07) is 0.362. The molecule has 0 aromatic heterocycles. The third-order valence-electron chi connectivity index (χ3n) is 3.33. The summed E-state index contributed by atoms with van der Waals surface area (Å²) >= 11 is 0. The van der Waals surface area contributed by atoms with Crippen LogP contribution >= 0.6 is 0 Å². The standard InChI is InChI=1S/C13H24N2O3/c1-2-18-13(17)10-5-3-6-11(9-10)15-8-4-7-12(14)16/h10-11,15H,2-9H2,1H3,(H2,14,16). The number of esters is 1. The first kappa shape index (κ1) is 15.0. The maximum atomic E-state index is 11.7. The number of hydrogen-bond acceptors (Lipinski definition) is 4. The van der Waals surface area contributed by atoms with Crippen LogP contribution in [-0.4, -0.2) is 31.1 Å². The minimum atomic E-state index is -0.259. The number of rotatable bonds is 7. The lowest BCUT2D eigenvalue weighted by atomic mass is 9.85. The molecule has 0 aromatic carbocycles. The minimum Gasteiger partial charge on any atom is -0.466 e. The van der Waals surface area contributed by atoms with E-state index < -0.39 is 0 Å². The van der Waals surface area contributed by atoms with Gasteiger partial charge in [-0.2, -0.15) is 0 Å². The number of nitrogens with one attached hydrogen (secondary N) is 1. The highest BCUT2D eigenvalue weighted by Crippen LogP contribution is 2.25. The first-order valence-electron chi connectivity index (χ1n) is 6.81. The second-order valence-corrected chi connectivity index (χ2v) is 4.84. The van der Waals surface area contributed by atoms with Crippen molar-refractivity contribution in [2.24, 2.45) is 11.7 Å². The first-order chi connectivity index (χ1) is 8.63. The molecule has 1 aliphatic rings. The summed E-state index contributed by atoms with van der Waals surface area (Å²) < 4.78 is 5.06. The number of ether oxygens (including phenoxy) is 1. The molecule has 0 spiro atoms. The molecule has 2 atom stereocenters. The second kappa shape index (κ2) is 8.08. The van der Waals surface area contributed by atoms with E-state index in [1.54, 1.807) is 0 Å². The summed E-state index contributed by atoms with van der Waals surface area (Å²) in [6.45, 7) is 3.06. The number of carbonyl (C=O) groups excluding carboxylic acids is 2.